The van der Waals surface area contributed by atoms with Crippen molar-refractivity contribution < 1.29 is 9.53 Å². The van der Waals surface area contributed by atoms with Crippen LogP contribution >= 0.6 is 0 Å². The van der Waals surface area contributed by atoms with Crippen LogP contribution in [0.15, 0.2) is 84.9 Å². The lowest BCUT2D eigenvalue weighted by Crippen LogP contribution is -2.33. The summed E-state index contributed by atoms with van der Waals surface area (Å²) in [6.45, 7) is 13.8. The van der Waals surface area contributed by atoms with Crippen LogP contribution in [0.25, 0.3) is 0 Å². The number of ether oxygens (including phenoxy) is 1. The molecule has 3 rings (SSSR count). The molecule has 0 aromatic heterocycles. The molecule has 1 heterocycles. The number of nitrogens with zero attached hydrogens (tertiary/aromatic N) is 2. The number of rotatable bonds is 4. The van der Waals surface area contributed by atoms with Gasteiger partial charge >= 0.3 is 0 Å². The second kappa shape index (κ2) is 17.8. The molecule has 0 bridgehead atoms. The number of hydrogen-bond acceptors (Lipinski definition) is 3. The summed E-state index contributed by atoms with van der Waals surface area (Å²) in [6, 6.07) is 18.1. The largest absolute Gasteiger partial charge is 0.388 e. The van der Waals surface area contributed by atoms with Crippen LogP contribution in [-0.4, -0.2) is 38.9 Å². The summed E-state index contributed by atoms with van der Waals surface area (Å²) in [5.41, 5.74) is 3.95. The SMILES string of the molecule is C=CC.C=CCC.CCCN1C(=O)CN=C(c2ccccc2)c2ccccc21.COC. The molecule has 1 aliphatic heterocycles. The summed E-state index contributed by atoms with van der Waals surface area (Å²) in [5, 5.41) is 0. The van der Waals surface area contributed by atoms with Crippen LogP contribution in [0.4, 0.5) is 5.69 Å². The molecular formula is C27H38N2O2. The van der Waals surface area contributed by atoms with Crippen molar-refractivity contribution in [2.24, 2.45) is 4.99 Å². The van der Waals surface area contributed by atoms with Crippen LogP contribution in [0.1, 0.15) is 44.7 Å². The van der Waals surface area contributed by atoms with Gasteiger partial charge in [-0.2, -0.15) is 0 Å². The van der Waals surface area contributed by atoms with E-state index in [-0.39, 0.29) is 12.5 Å². The standard InChI is InChI=1S/C18H18N2O.C4H8.C3H6.C2H6O/c1-2-12-20-16-11-7-6-10-15(16)18(19-13-17(20)21)14-8-4-3-5-9-14;1-3-4-2;2*1-3-2/h3-11H,2,12-13H2,1H3;3H,1,4H2,2H3;3H,1H2,2H3;1-2H3. The average Bonchev–Trinajstić information content (AvgIpc) is 2.93. The van der Waals surface area contributed by atoms with Crippen molar-refractivity contribution in [3.63, 3.8) is 0 Å². The Morgan fingerprint density at radius 2 is 1.55 bits per heavy atom. The highest BCUT2D eigenvalue weighted by molar-refractivity contribution is 6.19. The predicted molar refractivity (Wildman–Crippen MR) is 135 cm³/mol. The molecule has 0 saturated heterocycles. The van der Waals surface area contributed by atoms with E-state index in [9.17, 15) is 4.79 Å². The first-order chi connectivity index (χ1) is 15.1. The quantitative estimate of drug-likeness (QED) is 0.541. The average molecular weight is 423 g/mol. The van der Waals surface area contributed by atoms with Gasteiger partial charge in [-0.3, -0.25) is 9.79 Å². The number of hydrogen-bond donors (Lipinski definition) is 0. The molecule has 4 nitrogen and oxygen atoms in total. The Bertz CT molecular complexity index is 798. The van der Waals surface area contributed by atoms with E-state index in [1.807, 2.05) is 72.5 Å². The maximum Gasteiger partial charge on any atom is 0.248 e. The molecule has 0 radical (unpaired) electrons. The Labute approximate surface area is 189 Å². The summed E-state index contributed by atoms with van der Waals surface area (Å²) in [6.07, 6.45) is 5.64. The zero-order valence-electron chi connectivity index (χ0n) is 19.8. The van der Waals surface area contributed by atoms with E-state index in [1.54, 1.807) is 20.3 Å². The highest BCUT2D eigenvalue weighted by atomic mass is 16.4. The van der Waals surface area contributed by atoms with Crippen LogP contribution in [-0.2, 0) is 9.53 Å². The van der Waals surface area contributed by atoms with Gasteiger partial charge in [-0.05, 0) is 25.8 Å². The van der Waals surface area contributed by atoms with Crippen molar-refractivity contribution in [2.45, 2.75) is 33.6 Å². The summed E-state index contributed by atoms with van der Waals surface area (Å²) in [7, 11) is 3.25. The lowest BCUT2D eigenvalue weighted by Gasteiger charge is -2.22. The fraction of sp³-hybridized carbons (Fsp3) is 0.333. The van der Waals surface area contributed by atoms with Crippen molar-refractivity contribution in [2.75, 3.05) is 32.2 Å². The first-order valence-corrected chi connectivity index (χ1v) is 10.6. The van der Waals surface area contributed by atoms with Crippen molar-refractivity contribution in [1.82, 2.24) is 0 Å². The van der Waals surface area contributed by atoms with Gasteiger partial charge in [-0.15, -0.1) is 13.2 Å². The molecule has 0 aliphatic carbocycles. The molecule has 0 atom stereocenters. The Morgan fingerprint density at radius 1 is 1.03 bits per heavy atom. The van der Waals surface area contributed by atoms with E-state index in [4.69, 9.17) is 0 Å². The first-order valence-electron chi connectivity index (χ1n) is 10.6. The van der Waals surface area contributed by atoms with Gasteiger partial charge in [0, 0.05) is 31.9 Å². The fourth-order valence-electron chi connectivity index (χ4n) is 2.67. The minimum Gasteiger partial charge on any atom is -0.388 e. The smallest absolute Gasteiger partial charge is 0.248 e. The summed E-state index contributed by atoms with van der Waals surface area (Å²) in [4.78, 5) is 18.8. The minimum atomic E-state index is 0.0650. The van der Waals surface area contributed by atoms with Crippen LogP contribution in [0.5, 0.6) is 0 Å². The highest BCUT2D eigenvalue weighted by Crippen LogP contribution is 2.26. The number of amides is 1. The molecule has 0 N–H and O–H groups in total. The lowest BCUT2D eigenvalue weighted by molar-refractivity contribution is -0.117. The van der Waals surface area contributed by atoms with E-state index in [2.05, 4.69) is 36.7 Å². The Morgan fingerprint density at radius 3 is 2.06 bits per heavy atom. The molecule has 0 saturated carbocycles. The molecular weight excluding hydrogens is 384 g/mol. The van der Waals surface area contributed by atoms with Gasteiger partial charge in [-0.1, -0.05) is 74.5 Å². The van der Waals surface area contributed by atoms with Gasteiger partial charge in [0.05, 0.1) is 11.4 Å². The Hall–Kier alpha value is -2.98. The molecule has 1 amide bonds. The molecule has 0 fully saturated rings. The molecule has 31 heavy (non-hydrogen) atoms. The molecule has 2 aromatic carbocycles. The van der Waals surface area contributed by atoms with Gasteiger partial charge < -0.3 is 9.64 Å². The Balaban J connectivity index is 0.000000766. The molecule has 168 valence electrons. The van der Waals surface area contributed by atoms with E-state index in [0.29, 0.717) is 0 Å². The number of para-hydroxylation sites is 1. The summed E-state index contributed by atoms with van der Waals surface area (Å²) < 4.78 is 4.25. The minimum absolute atomic E-state index is 0.0650. The topological polar surface area (TPSA) is 41.9 Å². The highest BCUT2D eigenvalue weighted by Gasteiger charge is 2.23. The van der Waals surface area contributed by atoms with Crippen LogP contribution in [0, 0.1) is 0 Å². The van der Waals surface area contributed by atoms with E-state index in [0.717, 1.165) is 41.9 Å². The monoisotopic (exact) mass is 422 g/mol. The number of carbonyl (C=O) groups is 1. The number of methoxy groups -OCH3 is 1. The number of benzodiazepines with no additional fused rings is 1. The molecule has 0 unspecified atom stereocenters. The van der Waals surface area contributed by atoms with Gasteiger partial charge in [0.15, 0.2) is 0 Å². The number of fused-ring (bicyclic) bond motifs is 1. The van der Waals surface area contributed by atoms with Crippen molar-refractivity contribution in [3.05, 3.63) is 91.0 Å². The van der Waals surface area contributed by atoms with Crippen molar-refractivity contribution in [3.8, 4) is 0 Å². The number of carbonyl (C=O) groups excluding carboxylic acids is 1. The molecule has 2 aromatic rings. The van der Waals surface area contributed by atoms with Crippen LogP contribution in [0.2, 0.25) is 0 Å². The van der Waals surface area contributed by atoms with E-state index >= 15 is 0 Å². The fourth-order valence-corrected chi connectivity index (χ4v) is 2.67. The van der Waals surface area contributed by atoms with Gasteiger partial charge in [0.25, 0.3) is 0 Å². The summed E-state index contributed by atoms with van der Waals surface area (Å²) in [5.74, 6) is 0.0650. The van der Waals surface area contributed by atoms with Gasteiger partial charge in [-0.25, -0.2) is 0 Å². The third kappa shape index (κ3) is 10.1. The number of anilines is 1. The van der Waals surface area contributed by atoms with Crippen LogP contribution < -0.4 is 4.90 Å². The van der Waals surface area contributed by atoms with Gasteiger partial charge in [0.1, 0.15) is 6.54 Å². The zero-order chi connectivity index (χ0) is 23.5. The summed E-state index contributed by atoms with van der Waals surface area (Å²) >= 11 is 0. The molecule has 4 heteroatoms. The predicted octanol–water partition coefficient (Wildman–Crippen LogP) is 6.32. The number of benzene rings is 2. The first kappa shape index (κ1) is 28.0. The third-order valence-electron chi connectivity index (χ3n) is 3.91. The molecule has 0 spiro atoms. The van der Waals surface area contributed by atoms with Gasteiger partial charge in [0.2, 0.25) is 5.91 Å². The zero-order valence-corrected chi connectivity index (χ0v) is 19.8. The van der Waals surface area contributed by atoms with E-state index in [1.165, 1.54) is 0 Å². The lowest BCUT2D eigenvalue weighted by atomic mass is 10.0. The maximum absolute atomic E-state index is 12.4. The van der Waals surface area contributed by atoms with Crippen molar-refractivity contribution in [1.29, 1.82) is 0 Å². The second-order valence-corrected chi connectivity index (χ2v) is 6.61. The van der Waals surface area contributed by atoms with Crippen LogP contribution in [0.3, 0.4) is 0 Å². The number of aliphatic imine (C=N–C) groups is 1. The molecule has 1 aliphatic rings. The third-order valence-corrected chi connectivity index (χ3v) is 3.91. The van der Waals surface area contributed by atoms with E-state index < -0.39 is 0 Å². The number of allylic oxidation sites excluding steroid dienone is 2. The van der Waals surface area contributed by atoms with Crippen molar-refractivity contribution >= 4 is 17.3 Å². The normalized spacial score (nSPS) is 11.6. The second-order valence-electron chi connectivity index (χ2n) is 6.61. The Kier molecular flexibility index (Phi) is 16.1. The maximum atomic E-state index is 12.4.